The third kappa shape index (κ3) is 6.08. The summed E-state index contributed by atoms with van der Waals surface area (Å²) in [6, 6.07) is 1.81. The summed E-state index contributed by atoms with van der Waals surface area (Å²) in [6.45, 7) is 3.43. The van der Waals surface area contributed by atoms with Crippen molar-refractivity contribution in [1.82, 2.24) is 19.6 Å². The van der Waals surface area contributed by atoms with Crippen LogP contribution in [0.15, 0.2) is 17.4 Å². The summed E-state index contributed by atoms with van der Waals surface area (Å²) in [6.07, 6.45) is 4.66. The highest BCUT2D eigenvalue weighted by Crippen LogP contribution is 2.18. The number of hydrogen-bond donors (Lipinski definition) is 1. The number of piperidine rings is 1. The zero-order valence-electron chi connectivity index (χ0n) is 13.4. The van der Waals surface area contributed by atoms with Gasteiger partial charge in [-0.05, 0) is 31.7 Å². The lowest BCUT2D eigenvalue weighted by Gasteiger charge is -2.30. The normalized spacial score (nSPS) is 19.5. The molecule has 0 aliphatic carbocycles. The molecule has 0 saturated carbocycles. The Morgan fingerprint density at radius 1 is 1.52 bits per heavy atom. The Morgan fingerprint density at radius 3 is 3.00 bits per heavy atom. The van der Waals surface area contributed by atoms with Crippen molar-refractivity contribution in [3.63, 3.8) is 0 Å². The highest BCUT2D eigenvalue weighted by Gasteiger charge is 2.25. The van der Waals surface area contributed by atoms with Gasteiger partial charge in [0.15, 0.2) is 5.16 Å². The van der Waals surface area contributed by atoms with Gasteiger partial charge in [0.1, 0.15) is 0 Å². The molecule has 128 valence electrons. The van der Waals surface area contributed by atoms with E-state index in [0.29, 0.717) is 24.8 Å². The summed E-state index contributed by atoms with van der Waals surface area (Å²) in [5, 5.41) is 3.46. The predicted molar refractivity (Wildman–Crippen MR) is 89.6 cm³/mol. The molecule has 2 rings (SSSR count). The summed E-state index contributed by atoms with van der Waals surface area (Å²) in [4.78, 5) is 20.2. The van der Waals surface area contributed by atoms with Crippen LogP contribution < -0.4 is 5.32 Å². The van der Waals surface area contributed by atoms with Gasteiger partial charge in [0.2, 0.25) is 15.9 Å². The standard InChI is InChI=1S/C14H22N4O3S2/c1-11-5-6-15-14(17-11)22-10-13(19)16-8-12-4-3-7-18(9-12)23(2,20)21/h5-6,12H,3-4,7-10H2,1-2H3,(H,16,19)/t12-/m1/s1. The van der Waals surface area contributed by atoms with Crippen molar-refractivity contribution in [2.45, 2.75) is 24.9 Å². The summed E-state index contributed by atoms with van der Waals surface area (Å²) in [7, 11) is -3.15. The number of amides is 1. The van der Waals surface area contributed by atoms with E-state index in [9.17, 15) is 13.2 Å². The maximum absolute atomic E-state index is 11.9. The number of nitrogens with one attached hydrogen (secondary N) is 1. The Balaban J connectivity index is 1.74. The maximum atomic E-state index is 11.9. The number of sulfonamides is 1. The largest absolute Gasteiger partial charge is 0.355 e. The van der Waals surface area contributed by atoms with Gasteiger partial charge in [-0.15, -0.1) is 0 Å². The van der Waals surface area contributed by atoms with E-state index in [1.807, 2.05) is 6.92 Å². The second-order valence-electron chi connectivity index (χ2n) is 5.70. The first-order chi connectivity index (χ1) is 10.8. The van der Waals surface area contributed by atoms with Gasteiger partial charge in [0, 0.05) is 31.5 Å². The number of hydrogen-bond acceptors (Lipinski definition) is 6. The number of aromatic nitrogens is 2. The fourth-order valence-electron chi connectivity index (χ4n) is 2.43. The van der Waals surface area contributed by atoms with E-state index >= 15 is 0 Å². The fourth-order valence-corrected chi connectivity index (χ4v) is 4.08. The van der Waals surface area contributed by atoms with Gasteiger partial charge in [-0.25, -0.2) is 22.7 Å². The predicted octanol–water partition coefficient (Wildman–Crippen LogP) is 0.665. The van der Waals surface area contributed by atoms with Crippen LogP contribution in [0.1, 0.15) is 18.5 Å². The molecule has 1 fully saturated rings. The highest BCUT2D eigenvalue weighted by molar-refractivity contribution is 7.99. The molecule has 1 aromatic heterocycles. The molecule has 23 heavy (non-hydrogen) atoms. The van der Waals surface area contributed by atoms with E-state index in [4.69, 9.17) is 0 Å². The lowest BCUT2D eigenvalue weighted by Crippen LogP contribution is -2.43. The molecule has 1 atom stereocenters. The quantitative estimate of drug-likeness (QED) is 0.593. The van der Waals surface area contributed by atoms with Gasteiger partial charge < -0.3 is 5.32 Å². The zero-order chi connectivity index (χ0) is 16.9. The first-order valence-corrected chi connectivity index (χ1v) is 10.3. The molecule has 1 amide bonds. The third-order valence-corrected chi connectivity index (χ3v) is 5.77. The molecule has 0 spiro atoms. The van der Waals surface area contributed by atoms with Gasteiger partial charge in [-0.1, -0.05) is 11.8 Å². The average Bonchev–Trinajstić information content (AvgIpc) is 2.50. The molecule has 0 radical (unpaired) electrons. The molecule has 1 saturated heterocycles. The van der Waals surface area contributed by atoms with Crippen molar-refractivity contribution in [2.75, 3.05) is 31.6 Å². The number of aryl methyl sites for hydroxylation is 1. The highest BCUT2D eigenvalue weighted by atomic mass is 32.2. The van der Waals surface area contributed by atoms with Crippen molar-refractivity contribution < 1.29 is 13.2 Å². The van der Waals surface area contributed by atoms with Crippen molar-refractivity contribution in [3.05, 3.63) is 18.0 Å². The zero-order valence-corrected chi connectivity index (χ0v) is 15.0. The molecule has 0 unspecified atom stereocenters. The van der Waals surface area contributed by atoms with Crippen molar-refractivity contribution >= 4 is 27.7 Å². The Labute approximate surface area is 141 Å². The van der Waals surface area contributed by atoms with Crippen LogP contribution in [0.2, 0.25) is 0 Å². The van der Waals surface area contributed by atoms with E-state index in [2.05, 4.69) is 15.3 Å². The molecule has 1 aromatic rings. The second-order valence-corrected chi connectivity index (χ2v) is 8.63. The van der Waals surface area contributed by atoms with Gasteiger partial charge in [0.25, 0.3) is 0 Å². The van der Waals surface area contributed by atoms with Gasteiger partial charge >= 0.3 is 0 Å². The number of carbonyl (C=O) groups excluding carboxylic acids is 1. The van der Waals surface area contributed by atoms with E-state index in [1.54, 1.807) is 12.3 Å². The lowest BCUT2D eigenvalue weighted by atomic mass is 10.00. The van der Waals surface area contributed by atoms with Crippen LogP contribution in [-0.2, 0) is 14.8 Å². The molecule has 7 nitrogen and oxygen atoms in total. The minimum absolute atomic E-state index is 0.0865. The Kier molecular flexibility index (Phi) is 6.37. The summed E-state index contributed by atoms with van der Waals surface area (Å²) in [5.74, 6) is 0.339. The van der Waals surface area contributed by atoms with Crippen LogP contribution in [0.4, 0.5) is 0 Å². The Morgan fingerprint density at radius 2 is 2.30 bits per heavy atom. The van der Waals surface area contributed by atoms with Gasteiger partial charge in [0.05, 0.1) is 12.0 Å². The van der Waals surface area contributed by atoms with Crippen LogP contribution >= 0.6 is 11.8 Å². The molecule has 0 aromatic carbocycles. The number of rotatable bonds is 6. The third-order valence-electron chi connectivity index (χ3n) is 3.64. The topological polar surface area (TPSA) is 92.3 Å². The first kappa shape index (κ1) is 18.2. The van der Waals surface area contributed by atoms with Crippen LogP contribution in [0, 0.1) is 12.8 Å². The minimum Gasteiger partial charge on any atom is -0.355 e. The molecule has 1 N–H and O–H groups in total. The van der Waals surface area contributed by atoms with Crippen LogP contribution in [0.3, 0.4) is 0 Å². The number of nitrogens with zero attached hydrogens (tertiary/aromatic N) is 3. The van der Waals surface area contributed by atoms with Gasteiger partial charge in [-0.2, -0.15) is 0 Å². The molecule has 0 bridgehead atoms. The van der Waals surface area contributed by atoms with E-state index in [1.165, 1.54) is 22.3 Å². The smallest absolute Gasteiger partial charge is 0.230 e. The molecular formula is C14H22N4O3S2. The Hall–Kier alpha value is -1.19. The Bertz CT molecular complexity index is 651. The van der Waals surface area contributed by atoms with Crippen molar-refractivity contribution in [3.8, 4) is 0 Å². The minimum atomic E-state index is -3.15. The molecule has 9 heteroatoms. The average molecular weight is 358 g/mol. The molecule has 2 heterocycles. The van der Waals surface area contributed by atoms with E-state index in [-0.39, 0.29) is 17.6 Å². The van der Waals surface area contributed by atoms with Crippen molar-refractivity contribution in [2.24, 2.45) is 5.92 Å². The summed E-state index contributed by atoms with van der Waals surface area (Å²) >= 11 is 1.29. The monoisotopic (exact) mass is 358 g/mol. The maximum Gasteiger partial charge on any atom is 0.230 e. The second kappa shape index (κ2) is 8.07. The van der Waals surface area contributed by atoms with E-state index in [0.717, 1.165) is 18.5 Å². The first-order valence-electron chi connectivity index (χ1n) is 7.49. The van der Waals surface area contributed by atoms with Gasteiger partial charge in [-0.3, -0.25) is 4.79 Å². The summed E-state index contributed by atoms with van der Waals surface area (Å²) in [5.41, 5.74) is 0.867. The number of thioether (sulfide) groups is 1. The van der Waals surface area contributed by atoms with E-state index < -0.39 is 10.0 Å². The fraction of sp³-hybridized carbons (Fsp3) is 0.643. The van der Waals surface area contributed by atoms with Crippen LogP contribution in [0.25, 0.3) is 0 Å². The molecular weight excluding hydrogens is 336 g/mol. The SMILES string of the molecule is Cc1ccnc(SCC(=O)NC[C@H]2CCCN(S(C)(=O)=O)C2)n1. The van der Waals surface area contributed by atoms with Crippen LogP contribution in [0.5, 0.6) is 0 Å². The summed E-state index contributed by atoms with van der Waals surface area (Å²) < 4.78 is 24.6. The molecule has 1 aliphatic heterocycles. The lowest BCUT2D eigenvalue weighted by molar-refractivity contribution is -0.118. The van der Waals surface area contributed by atoms with Crippen molar-refractivity contribution in [1.29, 1.82) is 0 Å². The number of carbonyl (C=O) groups is 1. The molecule has 1 aliphatic rings. The van der Waals surface area contributed by atoms with Crippen LogP contribution in [-0.4, -0.2) is 60.2 Å².